The lowest BCUT2D eigenvalue weighted by Gasteiger charge is -2.37. The van der Waals surface area contributed by atoms with Crippen LogP contribution in [-0.2, 0) is 4.79 Å². The number of aliphatic hydroxyl groups excluding tert-OH is 1. The van der Waals surface area contributed by atoms with E-state index in [0.717, 1.165) is 18.4 Å². The van der Waals surface area contributed by atoms with E-state index in [0.29, 0.717) is 18.3 Å². The first-order chi connectivity index (χ1) is 9.20. The van der Waals surface area contributed by atoms with Gasteiger partial charge in [-0.25, -0.2) is 0 Å². The van der Waals surface area contributed by atoms with Gasteiger partial charge < -0.3 is 14.7 Å². The number of aryl methyl sites for hydroxylation is 1. The minimum atomic E-state index is -0.0423. The minimum Gasteiger partial charge on any atom is -0.484 e. The topological polar surface area (TPSA) is 49.8 Å². The van der Waals surface area contributed by atoms with Crippen LogP contribution < -0.4 is 4.74 Å². The highest BCUT2D eigenvalue weighted by molar-refractivity contribution is 5.78. The number of amides is 1. The molecule has 0 aliphatic heterocycles. The number of nitrogens with zero attached hydrogens (tertiary/aromatic N) is 1. The van der Waals surface area contributed by atoms with Gasteiger partial charge in [-0.3, -0.25) is 4.79 Å². The number of ether oxygens (including phenoxy) is 1. The third-order valence-electron chi connectivity index (χ3n) is 3.56. The summed E-state index contributed by atoms with van der Waals surface area (Å²) in [4.78, 5) is 13.8. The number of carbonyl (C=O) groups is 1. The summed E-state index contributed by atoms with van der Waals surface area (Å²) in [7, 11) is 0. The molecule has 0 spiro atoms. The smallest absolute Gasteiger partial charge is 0.260 e. The molecule has 0 radical (unpaired) electrons. The average molecular weight is 263 g/mol. The molecular weight excluding hydrogens is 242 g/mol. The highest BCUT2D eigenvalue weighted by atomic mass is 16.5. The monoisotopic (exact) mass is 263 g/mol. The van der Waals surface area contributed by atoms with Crippen molar-refractivity contribution in [2.75, 3.05) is 19.8 Å². The van der Waals surface area contributed by atoms with E-state index in [1.165, 1.54) is 6.42 Å². The van der Waals surface area contributed by atoms with Crippen LogP contribution in [0.25, 0.3) is 0 Å². The number of hydrogen-bond donors (Lipinski definition) is 1. The Hall–Kier alpha value is -1.55. The predicted octanol–water partition coefficient (Wildman–Crippen LogP) is 1.75. The molecule has 0 saturated heterocycles. The van der Waals surface area contributed by atoms with Crippen LogP contribution in [0.5, 0.6) is 5.75 Å². The lowest BCUT2D eigenvalue weighted by Crippen LogP contribution is -2.47. The zero-order valence-corrected chi connectivity index (χ0v) is 11.3. The molecule has 0 atom stereocenters. The zero-order chi connectivity index (χ0) is 13.7. The Labute approximate surface area is 114 Å². The lowest BCUT2D eigenvalue weighted by atomic mass is 9.91. The molecule has 0 aromatic heterocycles. The van der Waals surface area contributed by atoms with Crippen molar-refractivity contribution < 1.29 is 14.6 Å². The summed E-state index contributed by atoms with van der Waals surface area (Å²) in [5.41, 5.74) is 1.16. The van der Waals surface area contributed by atoms with Gasteiger partial charge in [-0.15, -0.1) is 0 Å². The van der Waals surface area contributed by atoms with Crippen molar-refractivity contribution >= 4 is 5.91 Å². The van der Waals surface area contributed by atoms with Crippen molar-refractivity contribution in [1.29, 1.82) is 0 Å². The fourth-order valence-corrected chi connectivity index (χ4v) is 2.18. The molecule has 0 heterocycles. The number of benzene rings is 1. The fraction of sp³-hybridized carbons (Fsp3) is 0.533. The van der Waals surface area contributed by atoms with E-state index in [4.69, 9.17) is 9.84 Å². The molecule has 1 N–H and O–H groups in total. The average Bonchev–Trinajstić information content (AvgIpc) is 2.35. The molecule has 1 aromatic rings. The molecular formula is C15H21NO3. The van der Waals surface area contributed by atoms with E-state index in [1.807, 2.05) is 31.2 Å². The van der Waals surface area contributed by atoms with Crippen molar-refractivity contribution in [3.63, 3.8) is 0 Å². The third-order valence-corrected chi connectivity index (χ3v) is 3.56. The second-order valence-electron chi connectivity index (χ2n) is 5.00. The molecule has 104 valence electrons. The Balaban J connectivity index is 1.86. The maximum atomic E-state index is 12.1. The Morgan fingerprint density at radius 3 is 2.58 bits per heavy atom. The second kappa shape index (κ2) is 6.57. The van der Waals surface area contributed by atoms with Crippen LogP contribution in [0.1, 0.15) is 24.8 Å². The Morgan fingerprint density at radius 1 is 1.37 bits per heavy atom. The molecule has 1 aliphatic carbocycles. The van der Waals surface area contributed by atoms with Gasteiger partial charge in [0, 0.05) is 12.6 Å². The summed E-state index contributed by atoms with van der Waals surface area (Å²) in [5, 5.41) is 9.04. The summed E-state index contributed by atoms with van der Waals surface area (Å²) in [6.07, 6.45) is 3.24. The van der Waals surface area contributed by atoms with Crippen LogP contribution in [0.4, 0.5) is 0 Å². The van der Waals surface area contributed by atoms with Gasteiger partial charge in [0.25, 0.3) is 5.91 Å². The maximum absolute atomic E-state index is 12.1. The van der Waals surface area contributed by atoms with Crippen molar-refractivity contribution in [2.45, 2.75) is 32.2 Å². The Kier molecular flexibility index (Phi) is 4.80. The van der Waals surface area contributed by atoms with Crippen LogP contribution in [0.15, 0.2) is 24.3 Å². The van der Waals surface area contributed by atoms with Gasteiger partial charge in [-0.2, -0.15) is 0 Å². The standard InChI is InChI=1S/C15H21NO3/c1-12-5-7-14(8-6-12)19-11-15(18)16(9-10-17)13-3-2-4-13/h5-8,13,17H,2-4,9-11H2,1H3. The van der Waals surface area contributed by atoms with Crippen molar-refractivity contribution in [2.24, 2.45) is 0 Å². The van der Waals surface area contributed by atoms with Gasteiger partial charge in [0.15, 0.2) is 6.61 Å². The van der Waals surface area contributed by atoms with Crippen LogP contribution >= 0.6 is 0 Å². The first-order valence-electron chi connectivity index (χ1n) is 6.80. The van der Waals surface area contributed by atoms with Crippen molar-refractivity contribution in [1.82, 2.24) is 4.90 Å². The lowest BCUT2D eigenvalue weighted by molar-refractivity contribution is -0.138. The highest BCUT2D eigenvalue weighted by Crippen LogP contribution is 2.24. The molecule has 4 heteroatoms. The van der Waals surface area contributed by atoms with Crippen LogP contribution in [-0.4, -0.2) is 41.7 Å². The van der Waals surface area contributed by atoms with Crippen molar-refractivity contribution in [3.05, 3.63) is 29.8 Å². The molecule has 0 unspecified atom stereocenters. The summed E-state index contributed by atoms with van der Waals surface area (Å²) in [5.74, 6) is 0.663. The molecule has 2 rings (SSSR count). The SMILES string of the molecule is Cc1ccc(OCC(=O)N(CCO)C2CCC2)cc1. The van der Waals surface area contributed by atoms with Gasteiger partial charge in [0.1, 0.15) is 5.75 Å². The van der Waals surface area contributed by atoms with E-state index < -0.39 is 0 Å². The first kappa shape index (κ1) is 13.9. The fourth-order valence-electron chi connectivity index (χ4n) is 2.18. The molecule has 1 amide bonds. The van der Waals surface area contributed by atoms with E-state index in [-0.39, 0.29) is 19.1 Å². The van der Waals surface area contributed by atoms with Gasteiger partial charge in [0.05, 0.1) is 6.61 Å². The molecule has 19 heavy (non-hydrogen) atoms. The summed E-state index contributed by atoms with van der Waals surface area (Å²) < 4.78 is 5.50. The van der Waals surface area contributed by atoms with Gasteiger partial charge in [-0.05, 0) is 38.3 Å². The van der Waals surface area contributed by atoms with Crippen LogP contribution in [0.2, 0.25) is 0 Å². The molecule has 1 saturated carbocycles. The summed E-state index contributed by atoms with van der Waals surface area (Å²) in [6, 6.07) is 7.93. The summed E-state index contributed by atoms with van der Waals surface area (Å²) in [6.45, 7) is 2.46. The molecule has 4 nitrogen and oxygen atoms in total. The van der Waals surface area contributed by atoms with E-state index >= 15 is 0 Å². The molecule has 1 aromatic carbocycles. The maximum Gasteiger partial charge on any atom is 0.260 e. The molecule has 0 bridgehead atoms. The number of aliphatic hydroxyl groups is 1. The molecule has 1 aliphatic rings. The quantitative estimate of drug-likeness (QED) is 0.850. The minimum absolute atomic E-state index is 0.00672. The molecule has 1 fully saturated rings. The van der Waals surface area contributed by atoms with E-state index in [1.54, 1.807) is 4.90 Å². The third kappa shape index (κ3) is 3.70. The summed E-state index contributed by atoms with van der Waals surface area (Å²) >= 11 is 0. The van der Waals surface area contributed by atoms with Gasteiger partial charge in [-0.1, -0.05) is 17.7 Å². The van der Waals surface area contributed by atoms with Crippen LogP contribution in [0.3, 0.4) is 0 Å². The van der Waals surface area contributed by atoms with E-state index in [9.17, 15) is 4.79 Å². The first-order valence-corrected chi connectivity index (χ1v) is 6.80. The van der Waals surface area contributed by atoms with Gasteiger partial charge >= 0.3 is 0 Å². The Morgan fingerprint density at radius 2 is 2.05 bits per heavy atom. The van der Waals surface area contributed by atoms with Crippen molar-refractivity contribution in [3.8, 4) is 5.75 Å². The Bertz CT molecular complexity index is 412. The number of rotatable bonds is 6. The normalized spacial score (nSPS) is 14.8. The zero-order valence-electron chi connectivity index (χ0n) is 11.3. The highest BCUT2D eigenvalue weighted by Gasteiger charge is 2.28. The van der Waals surface area contributed by atoms with Gasteiger partial charge in [0.2, 0.25) is 0 Å². The largest absolute Gasteiger partial charge is 0.484 e. The second-order valence-corrected chi connectivity index (χ2v) is 5.00. The number of hydrogen-bond acceptors (Lipinski definition) is 3. The van der Waals surface area contributed by atoms with Crippen LogP contribution in [0, 0.1) is 6.92 Å². The van der Waals surface area contributed by atoms with E-state index in [2.05, 4.69) is 0 Å². The predicted molar refractivity (Wildman–Crippen MR) is 73.1 cm³/mol. The number of carbonyl (C=O) groups excluding carboxylic acids is 1.